The summed E-state index contributed by atoms with van der Waals surface area (Å²) in [7, 11) is 0. The van der Waals surface area contributed by atoms with Crippen molar-refractivity contribution < 1.29 is 44.0 Å². The molecule has 4 bridgehead atoms. The van der Waals surface area contributed by atoms with Gasteiger partial charge in [0.15, 0.2) is 0 Å². The molecule has 4 aliphatic carbocycles. The monoisotopic (exact) mass is 708 g/mol. The number of benzene rings is 1. The van der Waals surface area contributed by atoms with E-state index in [4.69, 9.17) is 27.5 Å². The van der Waals surface area contributed by atoms with Crippen molar-refractivity contribution in [2.24, 2.45) is 35.3 Å². The van der Waals surface area contributed by atoms with E-state index < -0.39 is 47.0 Å². The molecule has 6 rings (SSSR count). The summed E-state index contributed by atoms with van der Waals surface area (Å²) >= 11 is 6.28. The van der Waals surface area contributed by atoms with E-state index in [1.807, 2.05) is 32.6 Å². The van der Waals surface area contributed by atoms with Gasteiger partial charge in [0.05, 0.1) is 29.0 Å². The average Bonchev–Trinajstić information content (AvgIpc) is 2.98. The number of rotatable bonds is 11. The van der Waals surface area contributed by atoms with E-state index in [1.165, 1.54) is 23.1 Å². The highest BCUT2D eigenvalue weighted by Gasteiger charge is 2.55. The number of nitrogens with zero attached hydrogens (tertiary/aromatic N) is 2. The van der Waals surface area contributed by atoms with Crippen LogP contribution in [0.5, 0.6) is 0 Å². The van der Waals surface area contributed by atoms with Gasteiger partial charge in [-0.2, -0.15) is 0 Å². The van der Waals surface area contributed by atoms with Crippen molar-refractivity contribution in [1.82, 2.24) is 10.2 Å². The molecule has 2 amide bonds. The van der Waals surface area contributed by atoms with Crippen LogP contribution in [0.1, 0.15) is 66.2 Å². The van der Waals surface area contributed by atoms with Crippen LogP contribution in [0, 0.1) is 35.4 Å². The molecule has 1 aromatic carbocycles. The van der Waals surface area contributed by atoms with Crippen LogP contribution in [0.3, 0.4) is 0 Å². The van der Waals surface area contributed by atoms with Crippen molar-refractivity contribution in [3.63, 3.8) is 0 Å². The first-order valence-electron chi connectivity index (χ1n) is 16.9. The Morgan fingerprint density at radius 2 is 1.69 bits per heavy atom. The third kappa shape index (κ3) is 9.57. The van der Waals surface area contributed by atoms with Gasteiger partial charge < -0.3 is 36.4 Å². The topological polar surface area (TPSA) is 194 Å². The van der Waals surface area contributed by atoms with E-state index in [0.717, 1.165) is 32.1 Å². The Morgan fingerprint density at radius 3 is 2.22 bits per heavy atom. The number of piperazine rings is 1. The average molecular weight is 709 g/mol. The van der Waals surface area contributed by atoms with Gasteiger partial charge in [-0.25, -0.2) is 14.0 Å². The molecule has 8 atom stereocenters. The molecule has 5 fully saturated rings. The maximum atomic E-state index is 13.9. The maximum Gasteiger partial charge on any atom is 0.328 e. The van der Waals surface area contributed by atoms with E-state index in [0.29, 0.717) is 40.6 Å². The van der Waals surface area contributed by atoms with Crippen LogP contribution in [0.15, 0.2) is 30.4 Å². The van der Waals surface area contributed by atoms with Gasteiger partial charge in [-0.3, -0.25) is 14.5 Å². The number of halogens is 2. The minimum Gasteiger partial charge on any atom is -0.478 e. The Balaban J connectivity index is 0.000000603. The second-order valence-electron chi connectivity index (χ2n) is 15.3. The van der Waals surface area contributed by atoms with Crippen molar-refractivity contribution in [1.29, 1.82) is 0 Å². The number of aliphatic hydroxyl groups is 2. The normalized spacial score (nSPS) is 29.3. The van der Waals surface area contributed by atoms with Gasteiger partial charge in [-0.1, -0.05) is 25.4 Å². The number of hydrogen-bond donors (Lipinski definition) is 6. The molecule has 3 unspecified atom stereocenters. The molecule has 272 valence electrons. The van der Waals surface area contributed by atoms with Gasteiger partial charge in [0.2, 0.25) is 11.8 Å². The lowest BCUT2D eigenvalue weighted by atomic mass is 9.52. The highest BCUT2D eigenvalue weighted by molar-refractivity contribution is 6.33. The van der Waals surface area contributed by atoms with Gasteiger partial charge in [0.1, 0.15) is 5.82 Å². The van der Waals surface area contributed by atoms with Gasteiger partial charge in [-0.05, 0) is 94.2 Å². The minimum absolute atomic E-state index is 0.00967. The zero-order chi connectivity index (χ0) is 36.4. The molecule has 4 saturated carbocycles. The third-order valence-corrected chi connectivity index (χ3v) is 11.0. The van der Waals surface area contributed by atoms with Gasteiger partial charge >= 0.3 is 11.9 Å². The smallest absolute Gasteiger partial charge is 0.328 e. The molecule has 49 heavy (non-hydrogen) atoms. The lowest BCUT2D eigenvalue weighted by molar-refractivity contribution is -0.149. The molecule has 1 heterocycles. The van der Waals surface area contributed by atoms with E-state index in [1.54, 1.807) is 0 Å². The summed E-state index contributed by atoms with van der Waals surface area (Å²) in [6.07, 6.45) is 4.96. The van der Waals surface area contributed by atoms with Crippen LogP contribution in [0.4, 0.5) is 10.1 Å². The number of aliphatic carboxylic acids is 2. The highest BCUT2D eigenvalue weighted by atomic mass is 35.5. The number of carboxylic acids is 2. The second-order valence-corrected chi connectivity index (χ2v) is 15.7. The summed E-state index contributed by atoms with van der Waals surface area (Å²) < 4.78 is 13.9. The maximum absolute atomic E-state index is 13.9. The van der Waals surface area contributed by atoms with E-state index in [2.05, 4.69) is 5.32 Å². The molecular formula is C35H50ClFN4O8. The van der Waals surface area contributed by atoms with Gasteiger partial charge in [-0.15, -0.1) is 0 Å². The molecule has 0 radical (unpaired) electrons. The van der Waals surface area contributed by atoms with E-state index in [9.17, 15) is 33.8 Å². The fourth-order valence-electron chi connectivity index (χ4n) is 8.39. The molecule has 1 aromatic rings. The highest BCUT2D eigenvalue weighted by Crippen LogP contribution is 2.55. The van der Waals surface area contributed by atoms with Crippen molar-refractivity contribution in [3.05, 3.63) is 41.2 Å². The van der Waals surface area contributed by atoms with Crippen molar-refractivity contribution in [3.8, 4) is 0 Å². The van der Waals surface area contributed by atoms with Crippen LogP contribution >= 0.6 is 11.6 Å². The Bertz CT molecular complexity index is 1410. The van der Waals surface area contributed by atoms with Crippen LogP contribution < -0.4 is 16.0 Å². The molecule has 0 aromatic heterocycles. The Labute approximate surface area is 291 Å². The van der Waals surface area contributed by atoms with Crippen molar-refractivity contribution in [2.75, 3.05) is 24.5 Å². The third-order valence-electron chi connectivity index (χ3n) is 10.7. The number of nitrogens with two attached hydrogens (primary N) is 1. The van der Waals surface area contributed by atoms with E-state index in [-0.39, 0.29) is 49.8 Å². The first-order valence-corrected chi connectivity index (χ1v) is 17.3. The van der Waals surface area contributed by atoms with Crippen molar-refractivity contribution >= 4 is 41.0 Å². The number of carbonyl (C=O) groups is 4. The number of carboxylic acid groups (broad SMARTS) is 2. The van der Waals surface area contributed by atoms with Gasteiger partial charge in [0, 0.05) is 48.8 Å². The van der Waals surface area contributed by atoms with Crippen LogP contribution in [0.25, 0.3) is 0 Å². The Kier molecular flexibility index (Phi) is 12.2. The molecule has 0 spiro atoms. The molecule has 1 saturated heterocycles. The summed E-state index contributed by atoms with van der Waals surface area (Å²) in [4.78, 5) is 49.2. The Hall–Kier alpha value is -3.10. The first kappa shape index (κ1) is 38.7. The quantitative estimate of drug-likeness (QED) is 0.186. The second kappa shape index (κ2) is 15.4. The lowest BCUT2D eigenvalue weighted by Crippen LogP contribution is -2.64. The number of carbonyl (C=O) groups excluding carboxylic acids is 2. The molecule has 7 N–H and O–H groups in total. The standard InChI is InChI=1S/C31H46ClFN4O4.C4H4O4/c1-17(2)22(29(40)35-28-19-7-18-8-20(28)13-31(41,11-18)12-19)10-26(38)24(34)14-36-15-27(39)37(16-30(36,3)4)25-9-21(33)5-6-23(25)32;5-3(6)1-2-4(7)8/h5-6,9,17-20,22,24,26,28,38,41H,7-8,10-16,34H2,1-4H3,(H,35,40);1-2H,(H,5,6)(H,7,8)/b;2-1+/t18?,19-,20+,22-,24-,26-,28?,31?;/m0./s1. The largest absolute Gasteiger partial charge is 0.478 e. The van der Waals surface area contributed by atoms with E-state index >= 15 is 0 Å². The number of nitrogens with one attached hydrogen (secondary N) is 1. The SMILES string of the molecule is CC(C)[C@H](C[C@H](O)[C@@H](N)CN1CC(=O)N(c2cc(F)ccc2Cl)CC1(C)C)C(=O)NC1[C@@H]2CC3C[C@H]1CC(O)(C3)C2.O=C(O)/C=C/C(=O)O. The Morgan fingerprint density at radius 1 is 1.10 bits per heavy atom. The summed E-state index contributed by atoms with van der Waals surface area (Å²) in [6, 6.07) is 3.38. The zero-order valence-corrected chi connectivity index (χ0v) is 29.3. The fourth-order valence-corrected chi connectivity index (χ4v) is 8.61. The number of aliphatic hydroxyl groups excluding tert-OH is 1. The molecule has 12 nitrogen and oxygen atoms in total. The summed E-state index contributed by atoms with van der Waals surface area (Å²) in [5.74, 6) is -2.45. The summed E-state index contributed by atoms with van der Waals surface area (Å²) in [5.41, 5.74) is 5.77. The molecular weight excluding hydrogens is 659 g/mol. The fraction of sp³-hybridized carbons (Fsp3) is 0.657. The zero-order valence-electron chi connectivity index (χ0n) is 28.5. The van der Waals surface area contributed by atoms with Gasteiger partial charge in [0.25, 0.3) is 0 Å². The minimum atomic E-state index is -1.26. The van der Waals surface area contributed by atoms with Crippen LogP contribution in [0.2, 0.25) is 5.02 Å². The molecule has 14 heteroatoms. The predicted molar refractivity (Wildman–Crippen MR) is 181 cm³/mol. The number of anilines is 1. The number of amides is 2. The number of hydrogen-bond acceptors (Lipinski definition) is 8. The van der Waals surface area contributed by atoms with Crippen molar-refractivity contribution in [2.45, 2.75) is 95.5 Å². The van der Waals surface area contributed by atoms with Crippen LogP contribution in [-0.4, -0.2) is 98.0 Å². The summed E-state index contributed by atoms with van der Waals surface area (Å²) in [6.45, 7) is 8.53. The molecule has 5 aliphatic rings. The summed E-state index contributed by atoms with van der Waals surface area (Å²) in [5, 5.41) is 41.3. The molecule has 1 aliphatic heterocycles. The first-order chi connectivity index (χ1) is 22.8. The van der Waals surface area contributed by atoms with Crippen LogP contribution in [-0.2, 0) is 19.2 Å². The predicted octanol–water partition coefficient (Wildman–Crippen LogP) is 3.02. The lowest BCUT2D eigenvalue weighted by Gasteiger charge is -2.58.